The molecule has 0 spiro atoms. The van der Waals surface area contributed by atoms with Crippen molar-refractivity contribution in [1.82, 2.24) is 25.3 Å². The molecule has 1 saturated carbocycles. The van der Waals surface area contributed by atoms with Crippen LogP contribution in [0, 0.1) is 5.82 Å². The summed E-state index contributed by atoms with van der Waals surface area (Å²) in [6.45, 7) is 5.80. The van der Waals surface area contributed by atoms with E-state index >= 15 is 4.39 Å². The van der Waals surface area contributed by atoms with Crippen molar-refractivity contribution in [3.8, 4) is 17.1 Å². The molecular formula is C24H27FN6O4S. The van der Waals surface area contributed by atoms with E-state index in [4.69, 9.17) is 4.74 Å². The molecule has 2 aromatic heterocycles. The van der Waals surface area contributed by atoms with Gasteiger partial charge in [0.1, 0.15) is 5.82 Å². The molecule has 3 aromatic rings. The fourth-order valence-electron chi connectivity index (χ4n) is 3.52. The second kappa shape index (κ2) is 10.1. The highest BCUT2D eigenvalue weighted by molar-refractivity contribution is 7.93. The molecule has 1 amide bonds. The van der Waals surface area contributed by atoms with Gasteiger partial charge in [-0.05, 0) is 51.3 Å². The Morgan fingerprint density at radius 2 is 1.97 bits per heavy atom. The third kappa shape index (κ3) is 5.59. The first-order chi connectivity index (χ1) is 17.1. The molecule has 0 radical (unpaired) electrons. The molecule has 12 heteroatoms. The summed E-state index contributed by atoms with van der Waals surface area (Å²) in [6.07, 6.45) is 5.98. The second-order valence-corrected chi connectivity index (χ2v) is 10.6. The average molecular weight is 515 g/mol. The van der Waals surface area contributed by atoms with Crippen LogP contribution in [0.5, 0.6) is 5.88 Å². The Morgan fingerprint density at radius 3 is 2.64 bits per heavy atom. The molecule has 0 aliphatic heterocycles. The summed E-state index contributed by atoms with van der Waals surface area (Å²) >= 11 is 0. The molecule has 1 aliphatic carbocycles. The van der Waals surface area contributed by atoms with Crippen molar-refractivity contribution < 1.29 is 22.3 Å². The first-order valence-corrected chi connectivity index (χ1v) is 13.1. The average Bonchev–Trinajstić information content (AvgIpc) is 3.71. The third-order valence-corrected chi connectivity index (χ3v) is 7.74. The van der Waals surface area contributed by atoms with Gasteiger partial charge in [0.2, 0.25) is 21.9 Å². The lowest BCUT2D eigenvalue weighted by Gasteiger charge is -2.29. The minimum atomic E-state index is -3.54. The molecule has 2 heterocycles. The molecule has 36 heavy (non-hydrogen) atoms. The van der Waals surface area contributed by atoms with E-state index in [1.807, 2.05) is 13.8 Å². The summed E-state index contributed by atoms with van der Waals surface area (Å²) < 4.78 is 47.3. The highest BCUT2D eigenvalue weighted by Gasteiger charge is 2.37. The monoisotopic (exact) mass is 514 g/mol. The number of hydrogen-bond acceptors (Lipinski definition) is 8. The highest BCUT2D eigenvalue weighted by Crippen LogP contribution is 2.30. The predicted octanol–water partition coefficient (Wildman–Crippen LogP) is 3.43. The number of nitrogens with zero attached hydrogens (tertiary/aromatic N) is 4. The van der Waals surface area contributed by atoms with E-state index in [0.29, 0.717) is 48.7 Å². The third-order valence-electron chi connectivity index (χ3n) is 5.93. The van der Waals surface area contributed by atoms with Crippen LogP contribution in [-0.4, -0.2) is 46.1 Å². The Bertz CT molecular complexity index is 1380. The number of carbonyl (C=O) groups excluding carboxylic acids is 1. The van der Waals surface area contributed by atoms with Crippen LogP contribution in [0.1, 0.15) is 56.1 Å². The quantitative estimate of drug-likeness (QED) is 0.420. The number of halogens is 1. The molecule has 1 fully saturated rings. The van der Waals surface area contributed by atoms with Crippen LogP contribution in [-0.2, 0) is 15.6 Å². The van der Waals surface area contributed by atoms with Gasteiger partial charge >= 0.3 is 0 Å². The van der Waals surface area contributed by atoms with Crippen molar-refractivity contribution in [2.45, 2.75) is 50.8 Å². The Balaban J connectivity index is 1.54. The number of ether oxygens (including phenoxy) is 1. The highest BCUT2D eigenvalue weighted by atomic mass is 32.2. The number of rotatable bonds is 10. The number of amides is 1. The molecular weight excluding hydrogens is 487 g/mol. The van der Waals surface area contributed by atoms with Gasteiger partial charge in [0, 0.05) is 11.8 Å². The van der Waals surface area contributed by atoms with Crippen molar-refractivity contribution in [3.63, 3.8) is 0 Å². The topological polar surface area (TPSA) is 136 Å². The first kappa shape index (κ1) is 25.4. The molecule has 1 aliphatic rings. The summed E-state index contributed by atoms with van der Waals surface area (Å²) in [5.74, 6) is -1.12. The zero-order chi connectivity index (χ0) is 25.9. The first-order valence-electron chi connectivity index (χ1n) is 11.6. The molecule has 1 aromatic carbocycles. The lowest BCUT2D eigenvalue weighted by Crippen LogP contribution is -2.44. The Morgan fingerprint density at radius 1 is 1.19 bits per heavy atom. The lowest BCUT2D eigenvalue weighted by molar-refractivity contribution is 0.0895. The van der Waals surface area contributed by atoms with E-state index < -0.39 is 32.5 Å². The van der Waals surface area contributed by atoms with Gasteiger partial charge in [-0.2, -0.15) is 0 Å². The van der Waals surface area contributed by atoms with Crippen LogP contribution in [0.15, 0.2) is 42.9 Å². The van der Waals surface area contributed by atoms with Gasteiger partial charge in [-0.25, -0.2) is 27.8 Å². The molecule has 1 unspecified atom stereocenters. The fourth-order valence-corrected chi connectivity index (χ4v) is 4.79. The number of anilines is 1. The molecule has 190 valence electrons. The summed E-state index contributed by atoms with van der Waals surface area (Å²) in [6, 6.07) is 5.76. The van der Waals surface area contributed by atoms with E-state index in [-0.39, 0.29) is 11.5 Å². The van der Waals surface area contributed by atoms with Crippen molar-refractivity contribution in [3.05, 3.63) is 59.9 Å². The van der Waals surface area contributed by atoms with Crippen LogP contribution in [0.3, 0.4) is 0 Å². The van der Waals surface area contributed by atoms with Gasteiger partial charge in [-0.15, -0.1) is 0 Å². The second-order valence-electron chi connectivity index (χ2n) is 8.62. The van der Waals surface area contributed by atoms with E-state index in [2.05, 4.69) is 30.0 Å². The summed E-state index contributed by atoms with van der Waals surface area (Å²) in [5, 5.41) is 2.40. The number of hydrogen-bond donors (Lipinski definition) is 2. The maximum atomic E-state index is 15.0. The van der Waals surface area contributed by atoms with Gasteiger partial charge in [-0.1, -0.05) is 13.0 Å². The lowest BCUT2D eigenvalue weighted by atomic mass is 9.93. The largest absolute Gasteiger partial charge is 0.477 e. The Kier molecular flexibility index (Phi) is 7.16. The van der Waals surface area contributed by atoms with Gasteiger partial charge in [-0.3, -0.25) is 14.5 Å². The smallest absolute Gasteiger partial charge is 0.254 e. The molecule has 0 saturated heterocycles. The van der Waals surface area contributed by atoms with Crippen molar-refractivity contribution in [1.29, 1.82) is 0 Å². The minimum Gasteiger partial charge on any atom is -0.477 e. The van der Waals surface area contributed by atoms with E-state index in [1.54, 1.807) is 19.1 Å². The van der Waals surface area contributed by atoms with Crippen LogP contribution in [0.2, 0.25) is 0 Å². The van der Waals surface area contributed by atoms with Crippen LogP contribution < -0.4 is 14.8 Å². The number of sulfonamides is 1. The van der Waals surface area contributed by atoms with Crippen molar-refractivity contribution in [2.24, 2.45) is 0 Å². The van der Waals surface area contributed by atoms with E-state index in [0.717, 1.165) is 0 Å². The predicted molar refractivity (Wildman–Crippen MR) is 131 cm³/mol. The number of carbonyl (C=O) groups is 1. The SMILES string of the molecule is CCOc1cncc(-c2ccc(C(=O)NC(C)(CC)c3ccnc(NS(=O)(=O)C4CC4)n3)c(F)c2)n1. The molecule has 2 N–H and O–H groups in total. The maximum Gasteiger partial charge on any atom is 0.254 e. The Hall–Kier alpha value is -3.67. The zero-order valence-electron chi connectivity index (χ0n) is 20.2. The number of nitrogens with one attached hydrogen (secondary N) is 2. The summed E-state index contributed by atoms with van der Waals surface area (Å²) in [5.41, 5.74) is 0.0763. The summed E-state index contributed by atoms with van der Waals surface area (Å²) in [4.78, 5) is 29.7. The van der Waals surface area contributed by atoms with Gasteiger partial charge < -0.3 is 10.1 Å². The van der Waals surface area contributed by atoms with Gasteiger partial charge in [0.15, 0.2) is 0 Å². The van der Waals surface area contributed by atoms with E-state index in [9.17, 15) is 13.2 Å². The Labute approximate surface area is 208 Å². The minimum absolute atomic E-state index is 0.0701. The molecule has 1 atom stereocenters. The normalized spacial score (nSPS) is 15.1. The van der Waals surface area contributed by atoms with Gasteiger partial charge in [0.05, 0.1) is 46.7 Å². The number of aromatic nitrogens is 4. The molecule has 4 rings (SSSR count). The molecule has 10 nitrogen and oxygen atoms in total. The standard InChI is InChI=1S/C24H27FN6O4S/c1-4-24(3,20-10-11-27-23(29-20)31-36(33,34)16-7-8-16)30-22(32)17-9-6-15(12-18(17)25)19-13-26-14-21(28-19)35-5-2/h6,9-14,16H,4-5,7-8H2,1-3H3,(H,30,32)(H,27,29,31). The van der Waals surface area contributed by atoms with Crippen molar-refractivity contribution in [2.75, 3.05) is 11.3 Å². The van der Waals surface area contributed by atoms with Crippen LogP contribution in [0.4, 0.5) is 10.3 Å². The van der Waals surface area contributed by atoms with Crippen LogP contribution in [0.25, 0.3) is 11.3 Å². The van der Waals surface area contributed by atoms with Crippen LogP contribution >= 0.6 is 0 Å². The van der Waals surface area contributed by atoms with E-state index in [1.165, 1.54) is 30.7 Å². The van der Waals surface area contributed by atoms with Crippen molar-refractivity contribution >= 4 is 21.9 Å². The summed E-state index contributed by atoms with van der Waals surface area (Å²) in [7, 11) is -3.54. The number of benzene rings is 1. The zero-order valence-corrected chi connectivity index (χ0v) is 21.0. The maximum absolute atomic E-state index is 15.0. The molecule has 0 bridgehead atoms. The van der Waals surface area contributed by atoms with Gasteiger partial charge in [0.25, 0.3) is 5.91 Å². The fraction of sp³-hybridized carbons (Fsp3) is 0.375.